The van der Waals surface area contributed by atoms with Crippen molar-refractivity contribution in [2.24, 2.45) is 10.7 Å². The highest BCUT2D eigenvalue weighted by Gasteiger charge is 2.36. The molecule has 0 atom stereocenters. The van der Waals surface area contributed by atoms with Crippen molar-refractivity contribution >= 4 is 29.1 Å². The van der Waals surface area contributed by atoms with E-state index in [2.05, 4.69) is 20.7 Å². The van der Waals surface area contributed by atoms with Gasteiger partial charge in [0, 0.05) is 36.1 Å². The molecule has 1 fully saturated rings. The van der Waals surface area contributed by atoms with Crippen molar-refractivity contribution < 1.29 is 22.8 Å². The second kappa shape index (κ2) is 9.18. The number of amides is 2. The van der Waals surface area contributed by atoms with Gasteiger partial charge in [-0.1, -0.05) is 6.07 Å². The standard InChI is InChI=1S/C22H17F3N8O2/c23-22(24,25)18-11-17(33(31-18)16-3-1-2-13(10-16)19(27)34)20(35)30-14-4-6-15(7-5-14)32-9-8-28-21(32)29-12-26/h1-7,10-11H,8-9H2,(H2,27,34)(H,28,29)(H,30,35). The highest BCUT2D eigenvalue weighted by Crippen LogP contribution is 2.30. The number of aliphatic imine (C=N–C) groups is 1. The Hall–Kier alpha value is -4.86. The summed E-state index contributed by atoms with van der Waals surface area (Å²) in [5, 5.41) is 17.8. The van der Waals surface area contributed by atoms with Gasteiger partial charge in [0.1, 0.15) is 5.69 Å². The molecule has 0 bridgehead atoms. The normalized spacial score (nSPS) is 14.5. The number of halogens is 3. The highest BCUT2D eigenvalue weighted by atomic mass is 19.4. The van der Waals surface area contributed by atoms with Crippen molar-refractivity contribution in [3.8, 4) is 11.9 Å². The van der Waals surface area contributed by atoms with Crippen molar-refractivity contribution in [2.45, 2.75) is 6.18 Å². The van der Waals surface area contributed by atoms with Gasteiger partial charge >= 0.3 is 6.18 Å². The van der Waals surface area contributed by atoms with Gasteiger partial charge in [0.15, 0.2) is 5.69 Å². The second-order valence-electron chi connectivity index (χ2n) is 7.35. The maximum Gasteiger partial charge on any atom is 0.435 e. The van der Waals surface area contributed by atoms with E-state index >= 15 is 0 Å². The van der Waals surface area contributed by atoms with E-state index in [9.17, 15) is 22.8 Å². The fourth-order valence-corrected chi connectivity index (χ4v) is 3.47. The van der Waals surface area contributed by atoms with Crippen LogP contribution in [0.4, 0.5) is 24.5 Å². The van der Waals surface area contributed by atoms with Crippen molar-refractivity contribution in [2.75, 3.05) is 23.3 Å². The molecular formula is C22H17F3N8O2. The molecule has 13 heteroatoms. The van der Waals surface area contributed by atoms with Crippen LogP contribution < -0.4 is 21.3 Å². The lowest BCUT2D eigenvalue weighted by molar-refractivity contribution is -0.141. The zero-order valence-electron chi connectivity index (χ0n) is 17.9. The number of hydrogen-bond donors (Lipinski definition) is 3. The van der Waals surface area contributed by atoms with Crippen LogP contribution in [0.3, 0.4) is 0 Å². The number of guanidine groups is 1. The summed E-state index contributed by atoms with van der Waals surface area (Å²) in [5.41, 5.74) is 4.72. The third kappa shape index (κ3) is 4.91. The van der Waals surface area contributed by atoms with Crippen LogP contribution >= 0.6 is 0 Å². The number of rotatable bonds is 5. The van der Waals surface area contributed by atoms with Crippen LogP contribution in [-0.2, 0) is 6.18 Å². The zero-order valence-corrected chi connectivity index (χ0v) is 17.9. The Morgan fingerprint density at radius 3 is 2.54 bits per heavy atom. The molecule has 1 aliphatic rings. The molecule has 2 amide bonds. The van der Waals surface area contributed by atoms with Gasteiger partial charge in [0.2, 0.25) is 18.1 Å². The molecule has 0 spiro atoms. The minimum absolute atomic E-state index is 0.0456. The molecule has 4 N–H and O–H groups in total. The molecule has 178 valence electrons. The fourth-order valence-electron chi connectivity index (χ4n) is 3.47. The molecule has 0 saturated carbocycles. The Morgan fingerprint density at radius 1 is 1.14 bits per heavy atom. The molecule has 0 unspecified atom stereocenters. The van der Waals surface area contributed by atoms with Crippen LogP contribution in [0.15, 0.2) is 59.6 Å². The summed E-state index contributed by atoms with van der Waals surface area (Å²) >= 11 is 0. The summed E-state index contributed by atoms with van der Waals surface area (Å²) in [6.07, 6.45) is -3.08. The van der Waals surface area contributed by atoms with Crippen molar-refractivity contribution in [1.29, 1.82) is 5.26 Å². The Balaban J connectivity index is 1.63. The number of nitrogens with zero attached hydrogens (tertiary/aromatic N) is 5. The maximum absolute atomic E-state index is 13.4. The Morgan fingerprint density at radius 2 is 1.89 bits per heavy atom. The van der Waals surface area contributed by atoms with Gasteiger partial charge in [-0.25, -0.2) is 4.68 Å². The number of carbonyl (C=O) groups is 2. The summed E-state index contributed by atoms with van der Waals surface area (Å²) in [6.45, 7) is 1.18. The quantitative estimate of drug-likeness (QED) is 0.477. The molecule has 2 aromatic carbocycles. The number of primary amides is 1. The molecule has 1 aromatic heterocycles. The molecule has 0 aliphatic carbocycles. The number of aromatic nitrogens is 2. The van der Waals surface area contributed by atoms with Gasteiger partial charge in [-0.05, 0) is 42.5 Å². The van der Waals surface area contributed by atoms with Gasteiger partial charge in [-0.3, -0.25) is 9.59 Å². The summed E-state index contributed by atoms with van der Waals surface area (Å²) in [7, 11) is 0. The van der Waals surface area contributed by atoms with E-state index in [0.717, 1.165) is 4.68 Å². The predicted molar refractivity (Wildman–Crippen MR) is 120 cm³/mol. The lowest BCUT2D eigenvalue weighted by Crippen LogP contribution is -2.29. The van der Waals surface area contributed by atoms with E-state index in [0.29, 0.717) is 36.5 Å². The minimum Gasteiger partial charge on any atom is -0.366 e. The Bertz CT molecular complexity index is 1360. The minimum atomic E-state index is -4.80. The van der Waals surface area contributed by atoms with E-state index in [1.165, 1.54) is 24.3 Å². The van der Waals surface area contributed by atoms with E-state index in [1.54, 1.807) is 35.4 Å². The van der Waals surface area contributed by atoms with Gasteiger partial charge in [0.25, 0.3) is 5.91 Å². The van der Waals surface area contributed by atoms with E-state index in [1.807, 2.05) is 0 Å². The number of benzene rings is 2. The lowest BCUT2D eigenvalue weighted by atomic mass is 10.2. The van der Waals surface area contributed by atoms with Gasteiger partial charge in [0.05, 0.1) is 5.69 Å². The topological polar surface area (TPSA) is 141 Å². The number of carbonyl (C=O) groups excluding carboxylic acids is 2. The fraction of sp³-hybridized carbons (Fsp3) is 0.136. The van der Waals surface area contributed by atoms with Gasteiger partial charge in [-0.2, -0.15) is 23.5 Å². The van der Waals surface area contributed by atoms with E-state index in [4.69, 9.17) is 11.0 Å². The molecule has 10 nitrogen and oxygen atoms in total. The third-order valence-corrected chi connectivity index (χ3v) is 5.07. The first-order chi connectivity index (χ1) is 16.7. The summed E-state index contributed by atoms with van der Waals surface area (Å²) in [5.74, 6) is -1.23. The van der Waals surface area contributed by atoms with Crippen molar-refractivity contribution in [3.63, 3.8) is 0 Å². The van der Waals surface area contributed by atoms with Crippen LogP contribution in [0.1, 0.15) is 26.5 Å². The average molecular weight is 482 g/mol. The largest absolute Gasteiger partial charge is 0.435 e. The number of nitrogens with one attached hydrogen (secondary N) is 2. The Kier molecular flexibility index (Phi) is 6.11. The number of hydrogen-bond acceptors (Lipinski definition) is 5. The predicted octanol–water partition coefficient (Wildman–Crippen LogP) is 2.49. The number of nitriles is 1. The smallest absolute Gasteiger partial charge is 0.366 e. The first-order valence-electron chi connectivity index (χ1n) is 10.1. The maximum atomic E-state index is 13.4. The average Bonchev–Trinajstić information content (AvgIpc) is 3.47. The van der Waals surface area contributed by atoms with Crippen LogP contribution in [0, 0.1) is 11.5 Å². The van der Waals surface area contributed by atoms with Crippen molar-refractivity contribution in [1.82, 2.24) is 15.1 Å². The second-order valence-corrected chi connectivity index (χ2v) is 7.35. The van der Waals surface area contributed by atoms with Gasteiger partial charge < -0.3 is 21.3 Å². The summed E-state index contributed by atoms with van der Waals surface area (Å²) in [6, 6.07) is 12.5. The molecule has 1 aliphatic heterocycles. The summed E-state index contributed by atoms with van der Waals surface area (Å²) < 4.78 is 40.9. The first-order valence-corrected chi connectivity index (χ1v) is 10.1. The number of nitrogens with two attached hydrogens (primary N) is 1. The molecule has 4 rings (SSSR count). The zero-order chi connectivity index (χ0) is 25.2. The Labute approximate surface area is 196 Å². The number of alkyl halides is 3. The van der Waals surface area contributed by atoms with E-state index < -0.39 is 29.4 Å². The van der Waals surface area contributed by atoms with Crippen LogP contribution in [-0.4, -0.2) is 40.6 Å². The van der Waals surface area contributed by atoms with Crippen LogP contribution in [0.25, 0.3) is 5.69 Å². The van der Waals surface area contributed by atoms with Crippen LogP contribution in [0.5, 0.6) is 0 Å². The third-order valence-electron chi connectivity index (χ3n) is 5.07. The van der Waals surface area contributed by atoms with Crippen molar-refractivity contribution in [3.05, 3.63) is 71.5 Å². The van der Waals surface area contributed by atoms with E-state index in [-0.39, 0.29) is 11.3 Å². The first kappa shape index (κ1) is 23.3. The summed E-state index contributed by atoms with van der Waals surface area (Å²) in [4.78, 5) is 29.9. The molecule has 35 heavy (non-hydrogen) atoms. The monoisotopic (exact) mass is 482 g/mol. The lowest BCUT2D eigenvalue weighted by Gasteiger charge is -2.17. The molecular weight excluding hydrogens is 465 g/mol. The molecule has 0 radical (unpaired) electrons. The number of anilines is 2. The van der Waals surface area contributed by atoms with Crippen LogP contribution in [0.2, 0.25) is 0 Å². The molecule has 3 aromatic rings. The highest BCUT2D eigenvalue weighted by molar-refractivity contribution is 6.04. The van der Waals surface area contributed by atoms with Gasteiger partial charge in [-0.15, -0.1) is 4.99 Å². The SMILES string of the molecule is N#CN=C1NCCN1c1ccc(NC(=O)c2cc(C(F)(F)F)nn2-c2cccc(C(N)=O)c2)cc1. The molecule has 1 saturated heterocycles. The molecule has 2 heterocycles.